The zero-order valence-corrected chi connectivity index (χ0v) is 14.7. The fourth-order valence-electron chi connectivity index (χ4n) is 2.41. The van der Waals surface area contributed by atoms with E-state index in [4.69, 9.17) is 0 Å². The molecule has 1 fully saturated rings. The molecule has 1 heterocycles. The predicted octanol–water partition coefficient (Wildman–Crippen LogP) is 0.292. The Kier molecular flexibility index (Phi) is 9.64. The summed E-state index contributed by atoms with van der Waals surface area (Å²) in [5.41, 5.74) is 0. The van der Waals surface area contributed by atoms with Crippen molar-refractivity contribution in [2.24, 2.45) is 17.8 Å². The summed E-state index contributed by atoms with van der Waals surface area (Å²) in [5, 5.41) is 18.4. The van der Waals surface area contributed by atoms with Crippen molar-refractivity contribution in [3.8, 4) is 0 Å². The monoisotopic (exact) mass is 335 g/mol. The fourth-order valence-corrected chi connectivity index (χ4v) is 2.41. The molecular weight excluding hydrogens is 306 g/mol. The van der Waals surface area contributed by atoms with Crippen LogP contribution < -0.4 is 16.0 Å². The highest BCUT2D eigenvalue weighted by Gasteiger charge is 2.28. The number of rotatable bonds is 7. The van der Waals surface area contributed by atoms with Gasteiger partial charge in [-0.1, -0.05) is 27.7 Å². The van der Waals surface area contributed by atoms with E-state index in [1.165, 1.54) is 0 Å². The summed E-state index contributed by atoms with van der Waals surface area (Å²) in [7, 11) is 0. The second-order valence-electron chi connectivity index (χ2n) is 6.62. The van der Waals surface area contributed by atoms with Crippen molar-refractivity contribution in [2.75, 3.05) is 19.6 Å². The number of aliphatic hydroxyl groups is 1. The van der Waals surface area contributed by atoms with E-state index in [-0.39, 0.29) is 42.0 Å². The minimum absolute atomic E-state index is 0. The number of β-amino-alcohol motifs (C(OH)–C–C–N with tert-alkyl or cyclic N) is 1. The second-order valence-corrected chi connectivity index (χ2v) is 6.62. The van der Waals surface area contributed by atoms with Crippen LogP contribution in [-0.4, -0.2) is 48.7 Å². The predicted molar refractivity (Wildman–Crippen MR) is 88.8 cm³/mol. The van der Waals surface area contributed by atoms with Crippen LogP contribution in [0.15, 0.2) is 0 Å². The molecule has 130 valence electrons. The van der Waals surface area contributed by atoms with E-state index >= 15 is 0 Å². The van der Waals surface area contributed by atoms with Crippen LogP contribution in [0, 0.1) is 17.8 Å². The lowest BCUT2D eigenvalue weighted by atomic mass is 10.0. The van der Waals surface area contributed by atoms with Crippen LogP contribution in [0.5, 0.6) is 0 Å². The first-order valence-corrected chi connectivity index (χ1v) is 7.77. The summed E-state index contributed by atoms with van der Waals surface area (Å²) < 4.78 is 0. The summed E-state index contributed by atoms with van der Waals surface area (Å²) in [5.74, 6) is 0.0454. The van der Waals surface area contributed by atoms with E-state index in [0.29, 0.717) is 26.1 Å². The van der Waals surface area contributed by atoms with Gasteiger partial charge >= 0.3 is 0 Å². The van der Waals surface area contributed by atoms with Gasteiger partial charge in [-0.25, -0.2) is 0 Å². The Morgan fingerprint density at radius 1 is 1.23 bits per heavy atom. The molecule has 0 radical (unpaired) electrons. The van der Waals surface area contributed by atoms with Gasteiger partial charge in [0, 0.05) is 32.0 Å². The summed E-state index contributed by atoms with van der Waals surface area (Å²) in [6, 6.07) is -0.525. The summed E-state index contributed by atoms with van der Waals surface area (Å²) in [6.45, 7) is 9.46. The van der Waals surface area contributed by atoms with E-state index in [0.717, 1.165) is 0 Å². The highest BCUT2D eigenvalue weighted by Crippen LogP contribution is 2.09. The van der Waals surface area contributed by atoms with Crippen LogP contribution in [0.25, 0.3) is 0 Å². The molecule has 22 heavy (non-hydrogen) atoms. The Morgan fingerprint density at radius 2 is 1.86 bits per heavy atom. The van der Waals surface area contributed by atoms with Crippen molar-refractivity contribution in [3.63, 3.8) is 0 Å². The Balaban J connectivity index is 0.00000441. The minimum Gasteiger partial charge on any atom is -0.391 e. The van der Waals surface area contributed by atoms with Crippen LogP contribution in [0.1, 0.15) is 34.1 Å². The van der Waals surface area contributed by atoms with Gasteiger partial charge in [-0.15, -0.1) is 12.4 Å². The van der Waals surface area contributed by atoms with Crippen molar-refractivity contribution in [3.05, 3.63) is 0 Å². The van der Waals surface area contributed by atoms with Crippen LogP contribution in [0.3, 0.4) is 0 Å². The average molecular weight is 336 g/mol. The molecule has 0 aromatic heterocycles. The van der Waals surface area contributed by atoms with Crippen molar-refractivity contribution < 1.29 is 14.7 Å². The molecule has 7 heteroatoms. The van der Waals surface area contributed by atoms with Gasteiger partial charge in [-0.05, 0) is 11.8 Å². The number of halogens is 1. The quantitative estimate of drug-likeness (QED) is 0.538. The number of hydrogen-bond donors (Lipinski definition) is 4. The number of hydrogen-bond acceptors (Lipinski definition) is 4. The van der Waals surface area contributed by atoms with Gasteiger partial charge in [0.15, 0.2) is 0 Å². The Hall–Kier alpha value is -0.850. The molecule has 4 N–H and O–H groups in total. The lowest BCUT2D eigenvalue weighted by molar-refractivity contribution is -0.130. The zero-order valence-electron chi connectivity index (χ0n) is 13.9. The molecule has 3 atom stereocenters. The Labute approximate surface area is 139 Å². The number of carbonyl (C=O) groups is 2. The molecular formula is C15H30ClN3O3. The third kappa shape index (κ3) is 6.94. The van der Waals surface area contributed by atoms with Crippen molar-refractivity contribution in [2.45, 2.75) is 46.3 Å². The summed E-state index contributed by atoms with van der Waals surface area (Å²) in [4.78, 5) is 24.1. The standard InChI is InChI=1S/C15H29N3O3.ClH/c1-9(2)5-13(20)18-14(10(3)4)15(21)17-7-11-6-16-8-12(11)19;/h9-12,14,16,19H,5-8H2,1-4H3,(H,17,21)(H,18,20);1H. The van der Waals surface area contributed by atoms with E-state index in [1.807, 2.05) is 27.7 Å². The largest absolute Gasteiger partial charge is 0.391 e. The first kappa shape index (κ1) is 21.1. The Bertz CT molecular complexity index is 364. The minimum atomic E-state index is -0.525. The molecule has 6 nitrogen and oxygen atoms in total. The SMILES string of the molecule is CC(C)CC(=O)NC(C(=O)NCC1CNCC1O)C(C)C.Cl. The van der Waals surface area contributed by atoms with E-state index < -0.39 is 12.1 Å². The molecule has 0 spiro atoms. The Morgan fingerprint density at radius 3 is 2.32 bits per heavy atom. The van der Waals surface area contributed by atoms with Crippen LogP contribution in [-0.2, 0) is 9.59 Å². The zero-order chi connectivity index (χ0) is 16.0. The number of carbonyl (C=O) groups excluding carboxylic acids is 2. The average Bonchev–Trinajstić information content (AvgIpc) is 2.77. The molecule has 0 aliphatic carbocycles. The fraction of sp³-hybridized carbons (Fsp3) is 0.867. The maximum Gasteiger partial charge on any atom is 0.242 e. The van der Waals surface area contributed by atoms with Gasteiger partial charge in [0.05, 0.1) is 6.10 Å². The van der Waals surface area contributed by atoms with Crippen LogP contribution in [0.4, 0.5) is 0 Å². The third-order valence-corrected chi connectivity index (χ3v) is 3.70. The van der Waals surface area contributed by atoms with Gasteiger partial charge < -0.3 is 21.1 Å². The van der Waals surface area contributed by atoms with Crippen molar-refractivity contribution in [1.29, 1.82) is 0 Å². The maximum absolute atomic E-state index is 12.2. The van der Waals surface area contributed by atoms with Gasteiger partial charge in [0.2, 0.25) is 11.8 Å². The van der Waals surface area contributed by atoms with Crippen molar-refractivity contribution in [1.82, 2.24) is 16.0 Å². The first-order valence-electron chi connectivity index (χ1n) is 7.77. The molecule has 2 amide bonds. The molecule has 0 aromatic rings. The number of aliphatic hydroxyl groups excluding tert-OH is 1. The first-order chi connectivity index (χ1) is 9.81. The summed E-state index contributed by atoms with van der Waals surface area (Å²) in [6.07, 6.45) is 0.000201. The molecule has 0 saturated carbocycles. The summed E-state index contributed by atoms with van der Waals surface area (Å²) >= 11 is 0. The lowest BCUT2D eigenvalue weighted by Crippen LogP contribution is -2.51. The number of amides is 2. The van der Waals surface area contributed by atoms with E-state index in [1.54, 1.807) is 0 Å². The molecule has 3 unspecified atom stereocenters. The van der Waals surface area contributed by atoms with E-state index in [9.17, 15) is 14.7 Å². The third-order valence-electron chi connectivity index (χ3n) is 3.70. The maximum atomic E-state index is 12.2. The topological polar surface area (TPSA) is 90.5 Å². The molecule has 1 aliphatic heterocycles. The normalized spacial score (nSPS) is 22.3. The van der Waals surface area contributed by atoms with E-state index in [2.05, 4.69) is 16.0 Å². The molecule has 1 saturated heterocycles. The molecule has 0 bridgehead atoms. The smallest absolute Gasteiger partial charge is 0.242 e. The second kappa shape index (κ2) is 10.0. The highest BCUT2D eigenvalue weighted by atomic mass is 35.5. The van der Waals surface area contributed by atoms with Gasteiger partial charge in [-0.3, -0.25) is 9.59 Å². The molecule has 1 rings (SSSR count). The van der Waals surface area contributed by atoms with Crippen LogP contribution >= 0.6 is 12.4 Å². The van der Waals surface area contributed by atoms with Gasteiger partial charge in [0.25, 0.3) is 0 Å². The van der Waals surface area contributed by atoms with Gasteiger partial charge in [0.1, 0.15) is 6.04 Å². The van der Waals surface area contributed by atoms with Crippen molar-refractivity contribution >= 4 is 24.2 Å². The lowest BCUT2D eigenvalue weighted by Gasteiger charge is -2.23. The van der Waals surface area contributed by atoms with Crippen LogP contribution in [0.2, 0.25) is 0 Å². The molecule has 0 aromatic carbocycles. The molecule has 1 aliphatic rings. The number of nitrogens with one attached hydrogen (secondary N) is 3. The highest BCUT2D eigenvalue weighted by molar-refractivity contribution is 5.87. The van der Waals surface area contributed by atoms with Gasteiger partial charge in [-0.2, -0.15) is 0 Å².